The third kappa shape index (κ3) is 5.03. The summed E-state index contributed by atoms with van der Waals surface area (Å²) in [6, 6.07) is 3.52. The molecule has 1 fully saturated rings. The number of methoxy groups -OCH3 is 4. The van der Waals surface area contributed by atoms with Gasteiger partial charge in [-0.1, -0.05) is 13.0 Å². The van der Waals surface area contributed by atoms with E-state index < -0.39 is 17.5 Å². The van der Waals surface area contributed by atoms with Crippen LogP contribution in [0.2, 0.25) is 0 Å². The fraction of sp³-hybridized carbons (Fsp3) is 0.583. The largest absolute Gasteiger partial charge is 0.493 e. The van der Waals surface area contributed by atoms with E-state index >= 15 is 0 Å². The molecule has 0 bridgehead atoms. The second-order valence-corrected chi connectivity index (χ2v) is 7.95. The number of ether oxygens (including phenoxy) is 5. The summed E-state index contributed by atoms with van der Waals surface area (Å²) in [5.74, 6) is 0.691. The van der Waals surface area contributed by atoms with Crippen molar-refractivity contribution in [1.82, 2.24) is 0 Å². The molecular weight excluding hydrogens is 400 g/mol. The lowest BCUT2D eigenvalue weighted by Crippen LogP contribution is -2.47. The fourth-order valence-corrected chi connectivity index (χ4v) is 4.64. The highest BCUT2D eigenvalue weighted by Crippen LogP contribution is 2.51. The van der Waals surface area contributed by atoms with Gasteiger partial charge in [0, 0.05) is 37.4 Å². The van der Waals surface area contributed by atoms with Gasteiger partial charge in [0.05, 0.1) is 27.4 Å². The molecule has 0 amide bonds. The Morgan fingerprint density at radius 3 is 2.26 bits per heavy atom. The number of allylic oxidation sites excluding steroid dienone is 1. The zero-order valence-corrected chi connectivity index (χ0v) is 19.4. The molecule has 0 heterocycles. The van der Waals surface area contributed by atoms with Crippen molar-refractivity contribution in [3.63, 3.8) is 0 Å². The van der Waals surface area contributed by atoms with Crippen molar-refractivity contribution in [2.75, 3.05) is 28.4 Å². The summed E-state index contributed by atoms with van der Waals surface area (Å²) in [4.78, 5) is 25.3. The van der Waals surface area contributed by atoms with Crippen LogP contribution in [0.4, 0.5) is 0 Å². The van der Waals surface area contributed by atoms with Crippen LogP contribution in [0.15, 0.2) is 24.8 Å². The van der Waals surface area contributed by atoms with Gasteiger partial charge < -0.3 is 23.7 Å². The SMILES string of the molecule is C=CCC1([C@H](C)[C@@H](OC(C)=O)c2cc(OC)c(OC)c(OC)c2)C[C@@H](OC)CCC1=O. The van der Waals surface area contributed by atoms with E-state index in [4.69, 9.17) is 23.7 Å². The Morgan fingerprint density at radius 2 is 1.81 bits per heavy atom. The Hall–Kier alpha value is -2.54. The van der Waals surface area contributed by atoms with Gasteiger partial charge >= 0.3 is 5.97 Å². The van der Waals surface area contributed by atoms with Crippen LogP contribution in [0.25, 0.3) is 0 Å². The van der Waals surface area contributed by atoms with E-state index in [-0.39, 0.29) is 17.8 Å². The first-order chi connectivity index (χ1) is 14.8. The minimum atomic E-state index is -0.763. The van der Waals surface area contributed by atoms with Crippen molar-refractivity contribution in [2.45, 2.75) is 51.7 Å². The summed E-state index contributed by atoms with van der Waals surface area (Å²) < 4.78 is 27.8. The van der Waals surface area contributed by atoms with Crippen molar-refractivity contribution in [1.29, 1.82) is 0 Å². The molecule has 1 saturated carbocycles. The zero-order valence-electron chi connectivity index (χ0n) is 19.4. The van der Waals surface area contributed by atoms with Gasteiger partial charge in [-0.3, -0.25) is 9.59 Å². The first-order valence-corrected chi connectivity index (χ1v) is 10.4. The quantitative estimate of drug-likeness (QED) is 0.401. The smallest absolute Gasteiger partial charge is 0.303 e. The van der Waals surface area contributed by atoms with Crippen LogP contribution in [0.3, 0.4) is 0 Å². The van der Waals surface area contributed by atoms with Crippen molar-refractivity contribution in [2.24, 2.45) is 11.3 Å². The molecule has 1 unspecified atom stereocenters. The lowest BCUT2D eigenvalue weighted by atomic mass is 9.60. The van der Waals surface area contributed by atoms with Gasteiger partial charge in [-0.15, -0.1) is 6.58 Å². The predicted molar refractivity (Wildman–Crippen MR) is 117 cm³/mol. The lowest BCUT2D eigenvalue weighted by Gasteiger charge is -2.45. The summed E-state index contributed by atoms with van der Waals surface area (Å²) in [6.45, 7) is 7.18. The summed E-state index contributed by atoms with van der Waals surface area (Å²) in [7, 11) is 6.24. The maximum absolute atomic E-state index is 13.3. The van der Waals surface area contributed by atoms with E-state index in [1.54, 1.807) is 25.3 Å². The maximum Gasteiger partial charge on any atom is 0.303 e. The van der Waals surface area contributed by atoms with E-state index in [1.807, 2.05) is 6.92 Å². The Labute approximate surface area is 184 Å². The van der Waals surface area contributed by atoms with Crippen LogP contribution in [0, 0.1) is 11.3 Å². The van der Waals surface area contributed by atoms with E-state index in [2.05, 4.69) is 6.58 Å². The molecule has 0 radical (unpaired) electrons. The number of hydrogen-bond acceptors (Lipinski definition) is 7. The standard InChI is InChI=1S/C24H34O7/c1-8-11-24(14-18(27-4)9-10-21(24)26)15(2)22(31-16(3)25)17-12-19(28-5)23(30-7)20(13-17)29-6/h8,12-13,15,18,22H,1,9-11,14H2,2-7H3/t15-,18+,22-,24?/m1/s1. The normalized spacial score (nSPS) is 22.9. The summed E-state index contributed by atoms with van der Waals surface area (Å²) in [5, 5.41) is 0. The first-order valence-electron chi connectivity index (χ1n) is 10.4. The molecule has 31 heavy (non-hydrogen) atoms. The van der Waals surface area contributed by atoms with Gasteiger partial charge in [-0.05, 0) is 31.4 Å². The minimum Gasteiger partial charge on any atom is -0.493 e. The van der Waals surface area contributed by atoms with Crippen LogP contribution in [0.1, 0.15) is 51.2 Å². The summed E-state index contributed by atoms with van der Waals surface area (Å²) in [6.07, 6.45) is 3.12. The third-order valence-corrected chi connectivity index (χ3v) is 6.32. The molecule has 0 saturated heterocycles. The first kappa shape index (κ1) is 24.7. The van der Waals surface area contributed by atoms with Gasteiger partial charge in [0.2, 0.25) is 5.75 Å². The Morgan fingerprint density at radius 1 is 1.19 bits per heavy atom. The molecule has 1 aromatic rings. The highest BCUT2D eigenvalue weighted by molar-refractivity contribution is 5.86. The molecule has 7 heteroatoms. The molecule has 0 spiro atoms. The molecule has 0 N–H and O–H groups in total. The summed E-state index contributed by atoms with van der Waals surface area (Å²) >= 11 is 0. The van der Waals surface area contributed by atoms with Crippen LogP contribution < -0.4 is 14.2 Å². The zero-order chi connectivity index (χ0) is 23.2. The number of carbonyl (C=O) groups excluding carboxylic acids is 2. The number of benzene rings is 1. The second-order valence-electron chi connectivity index (χ2n) is 7.95. The molecule has 2 rings (SSSR count). The monoisotopic (exact) mass is 434 g/mol. The van der Waals surface area contributed by atoms with Gasteiger partial charge in [-0.2, -0.15) is 0 Å². The van der Waals surface area contributed by atoms with E-state index in [9.17, 15) is 9.59 Å². The fourth-order valence-electron chi connectivity index (χ4n) is 4.64. The lowest BCUT2D eigenvalue weighted by molar-refractivity contribution is -0.160. The highest BCUT2D eigenvalue weighted by Gasteiger charge is 2.50. The van der Waals surface area contributed by atoms with E-state index in [1.165, 1.54) is 28.3 Å². The van der Waals surface area contributed by atoms with Crippen LogP contribution in [-0.2, 0) is 19.1 Å². The van der Waals surface area contributed by atoms with Gasteiger partial charge in [-0.25, -0.2) is 0 Å². The van der Waals surface area contributed by atoms with Gasteiger partial charge in [0.15, 0.2) is 11.5 Å². The highest BCUT2D eigenvalue weighted by atomic mass is 16.5. The number of Topliss-reactive ketones (excluding diaryl/α,β-unsaturated/α-hetero) is 1. The molecule has 7 nitrogen and oxygen atoms in total. The maximum atomic E-state index is 13.3. The Bertz CT molecular complexity index is 778. The summed E-state index contributed by atoms with van der Waals surface area (Å²) in [5.41, 5.74) is -0.103. The van der Waals surface area contributed by atoms with Crippen LogP contribution >= 0.6 is 0 Å². The Balaban J connectivity index is 2.62. The average Bonchev–Trinajstić information content (AvgIpc) is 2.77. The minimum absolute atomic E-state index is 0.0435. The molecule has 172 valence electrons. The van der Waals surface area contributed by atoms with Crippen molar-refractivity contribution >= 4 is 11.8 Å². The van der Waals surface area contributed by atoms with Gasteiger partial charge in [0.25, 0.3) is 0 Å². The van der Waals surface area contributed by atoms with Crippen LogP contribution in [-0.4, -0.2) is 46.3 Å². The second kappa shape index (κ2) is 10.7. The third-order valence-electron chi connectivity index (χ3n) is 6.32. The van der Waals surface area contributed by atoms with E-state index in [0.717, 1.165) is 0 Å². The van der Waals surface area contributed by atoms with Crippen molar-refractivity contribution in [3.05, 3.63) is 30.4 Å². The average molecular weight is 435 g/mol. The number of rotatable bonds is 10. The molecule has 1 aliphatic carbocycles. The number of carbonyl (C=O) groups is 2. The molecule has 0 aliphatic heterocycles. The van der Waals surface area contributed by atoms with E-state index in [0.29, 0.717) is 48.5 Å². The number of esters is 1. The van der Waals surface area contributed by atoms with Crippen molar-refractivity contribution < 1.29 is 33.3 Å². The molecular formula is C24H34O7. The predicted octanol–water partition coefficient (Wildman–Crippen LogP) is 4.28. The Kier molecular flexibility index (Phi) is 8.51. The number of ketones is 1. The topological polar surface area (TPSA) is 80.3 Å². The molecule has 0 aromatic heterocycles. The van der Waals surface area contributed by atoms with Crippen LogP contribution in [0.5, 0.6) is 17.2 Å². The molecule has 1 aliphatic rings. The molecule has 4 atom stereocenters. The molecule has 1 aromatic carbocycles. The number of hydrogen-bond donors (Lipinski definition) is 0. The van der Waals surface area contributed by atoms with Crippen molar-refractivity contribution in [3.8, 4) is 17.2 Å². The van der Waals surface area contributed by atoms with Gasteiger partial charge in [0.1, 0.15) is 11.9 Å².